The zero-order valence-electron chi connectivity index (χ0n) is 18.0. The molecule has 1 aliphatic heterocycles. The van der Waals surface area contributed by atoms with Crippen molar-refractivity contribution < 1.29 is 14.2 Å². The number of nitrogens with two attached hydrogens (primary N) is 1. The first-order valence-electron chi connectivity index (χ1n) is 10.5. The van der Waals surface area contributed by atoms with Gasteiger partial charge in [-0.15, -0.1) is 0 Å². The summed E-state index contributed by atoms with van der Waals surface area (Å²) in [6.45, 7) is 7.25. The number of ether oxygens (including phenoxy) is 3. The van der Waals surface area contributed by atoms with Crippen molar-refractivity contribution in [2.24, 2.45) is 11.7 Å². The van der Waals surface area contributed by atoms with Gasteiger partial charge in [0.25, 0.3) is 0 Å². The van der Waals surface area contributed by atoms with Crippen LogP contribution in [-0.2, 0) is 0 Å². The summed E-state index contributed by atoms with van der Waals surface area (Å²) in [5.41, 5.74) is 8.41. The number of nitriles is 1. The molecule has 31 heavy (non-hydrogen) atoms. The summed E-state index contributed by atoms with van der Waals surface area (Å²) in [4.78, 5) is 0. The lowest BCUT2D eigenvalue weighted by Gasteiger charge is -2.28. The first-order chi connectivity index (χ1) is 15.0. The van der Waals surface area contributed by atoms with Gasteiger partial charge in [-0.2, -0.15) is 5.26 Å². The van der Waals surface area contributed by atoms with Crippen LogP contribution in [-0.4, -0.2) is 13.2 Å². The molecule has 5 nitrogen and oxygen atoms in total. The van der Waals surface area contributed by atoms with Crippen molar-refractivity contribution >= 4 is 10.8 Å². The molecule has 1 atom stereocenters. The van der Waals surface area contributed by atoms with E-state index < -0.39 is 0 Å². The van der Waals surface area contributed by atoms with Gasteiger partial charge in [0, 0.05) is 10.9 Å². The lowest BCUT2D eigenvalue weighted by atomic mass is 9.82. The van der Waals surface area contributed by atoms with Crippen molar-refractivity contribution in [2.45, 2.75) is 26.7 Å². The van der Waals surface area contributed by atoms with E-state index in [1.165, 1.54) is 0 Å². The topological polar surface area (TPSA) is 77.5 Å². The molecule has 0 fully saturated rings. The molecule has 0 aliphatic carbocycles. The van der Waals surface area contributed by atoms with Crippen LogP contribution in [0.2, 0.25) is 0 Å². The summed E-state index contributed by atoms with van der Waals surface area (Å²) in [5.74, 6) is 2.23. The summed E-state index contributed by atoms with van der Waals surface area (Å²) < 4.78 is 17.8. The summed E-state index contributed by atoms with van der Waals surface area (Å²) >= 11 is 0. The quantitative estimate of drug-likeness (QED) is 0.577. The normalized spacial score (nSPS) is 15.4. The van der Waals surface area contributed by atoms with E-state index in [-0.39, 0.29) is 11.8 Å². The highest BCUT2D eigenvalue weighted by Gasteiger charge is 2.32. The highest BCUT2D eigenvalue weighted by Crippen LogP contribution is 2.46. The lowest BCUT2D eigenvalue weighted by Crippen LogP contribution is -2.21. The van der Waals surface area contributed by atoms with Crippen molar-refractivity contribution in [1.29, 1.82) is 5.26 Å². The molecule has 3 aromatic rings. The highest BCUT2D eigenvalue weighted by molar-refractivity contribution is 5.91. The largest absolute Gasteiger partial charge is 0.490 e. The summed E-state index contributed by atoms with van der Waals surface area (Å²) in [6, 6.07) is 20.1. The van der Waals surface area contributed by atoms with Gasteiger partial charge in [-0.3, -0.25) is 0 Å². The molecule has 0 saturated carbocycles. The summed E-state index contributed by atoms with van der Waals surface area (Å²) in [7, 11) is 0. The third-order valence-electron chi connectivity index (χ3n) is 5.28. The minimum Gasteiger partial charge on any atom is -0.490 e. The molecule has 0 spiro atoms. The molecule has 4 rings (SSSR count). The van der Waals surface area contributed by atoms with E-state index in [0.717, 1.165) is 21.9 Å². The predicted molar refractivity (Wildman–Crippen MR) is 121 cm³/mol. The fourth-order valence-corrected chi connectivity index (χ4v) is 3.88. The molecule has 0 radical (unpaired) electrons. The van der Waals surface area contributed by atoms with Crippen LogP contribution in [0.25, 0.3) is 10.8 Å². The third kappa shape index (κ3) is 3.89. The van der Waals surface area contributed by atoms with Crippen molar-refractivity contribution in [2.75, 3.05) is 13.2 Å². The van der Waals surface area contributed by atoms with Crippen LogP contribution in [0.1, 0.15) is 37.8 Å². The Labute approximate surface area is 182 Å². The number of allylic oxidation sites excluding steroid dienone is 1. The molecule has 3 aromatic carbocycles. The lowest BCUT2D eigenvalue weighted by molar-refractivity contribution is 0.248. The maximum Gasteiger partial charge on any atom is 0.205 e. The molecular weight excluding hydrogens is 388 g/mol. The first-order valence-corrected chi connectivity index (χ1v) is 10.5. The monoisotopic (exact) mass is 414 g/mol. The molecule has 1 heterocycles. The second-order valence-corrected chi connectivity index (χ2v) is 7.97. The molecular formula is C26H26N2O3. The van der Waals surface area contributed by atoms with Gasteiger partial charge >= 0.3 is 0 Å². The Kier molecular flexibility index (Phi) is 5.73. The predicted octanol–water partition coefficient (Wildman–Crippen LogP) is 5.49. The van der Waals surface area contributed by atoms with Crippen molar-refractivity contribution in [3.8, 4) is 23.3 Å². The number of hydrogen-bond acceptors (Lipinski definition) is 5. The van der Waals surface area contributed by atoms with E-state index in [1.807, 2.05) is 61.5 Å². The van der Waals surface area contributed by atoms with Crippen LogP contribution in [0, 0.1) is 17.2 Å². The van der Waals surface area contributed by atoms with E-state index in [0.29, 0.717) is 42.0 Å². The number of nitrogens with zero attached hydrogens (tertiary/aromatic N) is 1. The SMILES string of the molecule is CCOc1cc([C@@H]2C(C#N)=C(N)Oc3c2ccc2ccccc32)ccc1OCC(C)C. The Morgan fingerprint density at radius 2 is 1.87 bits per heavy atom. The molecule has 0 amide bonds. The molecule has 1 aliphatic rings. The summed E-state index contributed by atoms with van der Waals surface area (Å²) in [6.07, 6.45) is 0. The van der Waals surface area contributed by atoms with Gasteiger partial charge in [0.2, 0.25) is 5.88 Å². The number of benzene rings is 3. The van der Waals surface area contributed by atoms with Crippen molar-refractivity contribution in [3.63, 3.8) is 0 Å². The summed E-state index contributed by atoms with van der Waals surface area (Å²) in [5, 5.41) is 11.9. The van der Waals surface area contributed by atoms with E-state index in [4.69, 9.17) is 19.9 Å². The zero-order valence-corrected chi connectivity index (χ0v) is 18.0. The molecule has 0 bridgehead atoms. The van der Waals surface area contributed by atoms with E-state index >= 15 is 0 Å². The minimum atomic E-state index is -0.350. The maximum atomic E-state index is 9.88. The van der Waals surface area contributed by atoms with Crippen molar-refractivity contribution in [3.05, 3.63) is 77.2 Å². The molecule has 0 aromatic heterocycles. The van der Waals surface area contributed by atoms with Gasteiger partial charge in [0.15, 0.2) is 11.5 Å². The van der Waals surface area contributed by atoms with Gasteiger partial charge < -0.3 is 19.9 Å². The van der Waals surface area contributed by atoms with Gasteiger partial charge in [-0.1, -0.05) is 56.3 Å². The standard InChI is InChI=1S/C26H26N2O3/c1-4-29-23-13-18(10-12-22(23)30-15-16(2)3)24-20-11-9-17-7-5-6-8-19(17)25(20)31-26(28)21(24)14-27/h5-13,16,24H,4,15,28H2,1-3H3/t24-/m0/s1. The molecule has 0 saturated heterocycles. The molecule has 5 heteroatoms. The Balaban J connectivity index is 1.85. The Morgan fingerprint density at radius 1 is 1.06 bits per heavy atom. The number of fused-ring (bicyclic) bond motifs is 3. The van der Waals surface area contributed by atoms with Crippen molar-refractivity contribution in [1.82, 2.24) is 0 Å². The van der Waals surface area contributed by atoms with Gasteiger partial charge in [-0.05, 0) is 35.9 Å². The van der Waals surface area contributed by atoms with E-state index in [1.54, 1.807) is 0 Å². The highest BCUT2D eigenvalue weighted by atomic mass is 16.5. The number of hydrogen-bond donors (Lipinski definition) is 1. The molecule has 158 valence electrons. The number of rotatable bonds is 6. The average Bonchev–Trinajstić information content (AvgIpc) is 2.77. The van der Waals surface area contributed by atoms with Crippen LogP contribution >= 0.6 is 0 Å². The van der Waals surface area contributed by atoms with Crippen LogP contribution in [0.15, 0.2) is 66.1 Å². The smallest absolute Gasteiger partial charge is 0.205 e. The molecule has 0 unspecified atom stereocenters. The first kappa shape index (κ1) is 20.6. The van der Waals surface area contributed by atoms with Crippen LogP contribution in [0.3, 0.4) is 0 Å². The van der Waals surface area contributed by atoms with Crippen LogP contribution < -0.4 is 19.9 Å². The Bertz CT molecular complexity index is 1190. The maximum absolute atomic E-state index is 9.88. The second-order valence-electron chi connectivity index (χ2n) is 7.97. The third-order valence-corrected chi connectivity index (χ3v) is 5.28. The van der Waals surface area contributed by atoms with E-state index in [9.17, 15) is 5.26 Å². The van der Waals surface area contributed by atoms with Gasteiger partial charge in [0.05, 0.1) is 19.1 Å². The minimum absolute atomic E-state index is 0.134. The fraction of sp³-hybridized carbons (Fsp3) is 0.269. The zero-order chi connectivity index (χ0) is 22.0. The Hall–Kier alpha value is -3.65. The Morgan fingerprint density at radius 3 is 2.61 bits per heavy atom. The van der Waals surface area contributed by atoms with Gasteiger partial charge in [-0.25, -0.2) is 0 Å². The van der Waals surface area contributed by atoms with E-state index in [2.05, 4.69) is 19.9 Å². The van der Waals surface area contributed by atoms with Crippen LogP contribution in [0.4, 0.5) is 0 Å². The second kappa shape index (κ2) is 8.61. The average molecular weight is 415 g/mol. The molecule has 2 N–H and O–H groups in total. The fourth-order valence-electron chi connectivity index (χ4n) is 3.88. The van der Waals surface area contributed by atoms with Crippen LogP contribution in [0.5, 0.6) is 17.2 Å². The van der Waals surface area contributed by atoms with Gasteiger partial charge in [0.1, 0.15) is 17.4 Å².